The second-order valence-electron chi connectivity index (χ2n) is 5.28. The number of aryl methyl sites for hydroxylation is 1. The van der Waals surface area contributed by atoms with Crippen molar-refractivity contribution in [3.8, 4) is 0 Å². The first-order valence-electron chi connectivity index (χ1n) is 7.02. The van der Waals surface area contributed by atoms with Crippen molar-refractivity contribution in [3.05, 3.63) is 82.4 Å². The average molecular weight is 360 g/mol. The summed E-state index contributed by atoms with van der Waals surface area (Å²) in [7, 11) is 0. The van der Waals surface area contributed by atoms with E-state index in [-0.39, 0.29) is 4.83 Å². The van der Waals surface area contributed by atoms with Crippen molar-refractivity contribution in [1.82, 2.24) is 0 Å². The zero-order chi connectivity index (χ0) is 14.8. The minimum Gasteiger partial charge on any atom is -0.0840 e. The molecule has 0 spiro atoms. The molecule has 0 aliphatic rings. The number of halogens is 2. The lowest BCUT2D eigenvalue weighted by Crippen LogP contribution is -1.98. The van der Waals surface area contributed by atoms with Crippen LogP contribution in [0.5, 0.6) is 0 Å². The highest BCUT2D eigenvalue weighted by atomic mass is 79.9. The van der Waals surface area contributed by atoms with Gasteiger partial charge in [-0.2, -0.15) is 0 Å². The van der Waals surface area contributed by atoms with Gasteiger partial charge in [0, 0.05) is 9.85 Å². The van der Waals surface area contributed by atoms with Gasteiger partial charge < -0.3 is 0 Å². The highest BCUT2D eigenvalue weighted by Crippen LogP contribution is 2.35. The lowest BCUT2D eigenvalue weighted by Gasteiger charge is -2.15. The highest BCUT2D eigenvalue weighted by Gasteiger charge is 2.14. The Kier molecular flexibility index (Phi) is 4.32. The molecule has 0 aromatic heterocycles. The van der Waals surface area contributed by atoms with E-state index in [0.717, 1.165) is 11.4 Å². The summed E-state index contributed by atoms with van der Waals surface area (Å²) >= 11 is 10.1. The van der Waals surface area contributed by atoms with Gasteiger partial charge in [0.2, 0.25) is 0 Å². The third-order valence-electron chi connectivity index (χ3n) is 3.87. The molecule has 0 heterocycles. The van der Waals surface area contributed by atoms with Gasteiger partial charge >= 0.3 is 0 Å². The van der Waals surface area contributed by atoms with Gasteiger partial charge in [0.25, 0.3) is 0 Å². The maximum atomic E-state index is 6.28. The van der Waals surface area contributed by atoms with Crippen LogP contribution in [0.15, 0.2) is 60.7 Å². The van der Waals surface area contributed by atoms with Gasteiger partial charge in [-0.15, -0.1) is 0 Å². The van der Waals surface area contributed by atoms with Crippen LogP contribution < -0.4 is 0 Å². The molecule has 0 aliphatic carbocycles. The van der Waals surface area contributed by atoms with E-state index in [9.17, 15) is 0 Å². The van der Waals surface area contributed by atoms with Crippen LogP contribution in [-0.2, 0) is 6.42 Å². The Balaban J connectivity index is 2.01. The van der Waals surface area contributed by atoms with Gasteiger partial charge in [-0.05, 0) is 46.9 Å². The summed E-state index contributed by atoms with van der Waals surface area (Å²) in [5.41, 5.74) is 3.80. The SMILES string of the molecule is Cc1ccc(C(Br)Cc2ccccc2Cl)c2ccccc12. The summed E-state index contributed by atoms with van der Waals surface area (Å²) in [6.45, 7) is 2.16. The van der Waals surface area contributed by atoms with E-state index in [1.54, 1.807) is 0 Å². The molecular weight excluding hydrogens is 344 g/mol. The van der Waals surface area contributed by atoms with E-state index in [2.05, 4.69) is 65.3 Å². The lowest BCUT2D eigenvalue weighted by molar-refractivity contribution is 0.957. The smallest absolute Gasteiger partial charge is 0.0442 e. The molecule has 0 fully saturated rings. The number of benzene rings is 3. The number of hydrogen-bond donors (Lipinski definition) is 0. The zero-order valence-electron chi connectivity index (χ0n) is 11.8. The summed E-state index contributed by atoms with van der Waals surface area (Å²) < 4.78 is 0. The Morgan fingerprint density at radius 3 is 2.33 bits per heavy atom. The van der Waals surface area contributed by atoms with Crippen LogP contribution in [0, 0.1) is 6.92 Å². The van der Waals surface area contributed by atoms with E-state index in [4.69, 9.17) is 11.6 Å². The van der Waals surface area contributed by atoms with E-state index >= 15 is 0 Å². The summed E-state index contributed by atoms with van der Waals surface area (Å²) in [6.07, 6.45) is 0.882. The van der Waals surface area contributed by atoms with Crippen LogP contribution in [0.4, 0.5) is 0 Å². The average Bonchev–Trinajstić information content (AvgIpc) is 2.50. The zero-order valence-corrected chi connectivity index (χ0v) is 14.2. The van der Waals surface area contributed by atoms with E-state index in [1.165, 1.54) is 27.5 Å². The van der Waals surface area contributed by atoms with Gasteiger partial charge in [0.1, 0.15) is 0 Å². The number of alkyl halides is 1. The molecule has 0 N–H and O–H groups in total. The van der Waals surface area contributed by atoms with E-state index in [0.29, 0.717) is 0 Å². The molecule has 0 bridgehead atoms. The second kappa shape index (κ2) is 6.21. The van der Waals surface area contributed by atoms with E-state index < -0.39 is 0 Å². The molecule has 21 heavy (non-hydrogen) atoms. The molecule has 3 aromatic carbocycles. The number of hydrogen-bond acceptors (Lipinski definition) is 0. The second-order valence-corrected chi connectivity index (χ2v) is 6.79. The Morgan fingerprint density at radius 2 is 1.57 bits per heavy atom. The summed E-state index contributed by atoms with van der Waals surface area (Å²) in [5.74, 6) is 0. The molecule has 0 amide bonds. The molecule has 2 heteroatoms. The van der Waals surface area contributed by atoms with E-state index in [1.807, 2.05) is 18.2 Å². The van der Waals surface area contributed by atoms with Crippen LogP contribution >= 0.6 is 27.5 Å². The molecule has 1 atom stereocenters. The number of fused-ring (bicyclic) bond motifs is 1. The fraction of sp³-hybridized carbons (Fsp3) is 0.158. The lowest BCUT2D eigenvalue weighted by atomic mass is 9.96. The first-order valence-corrected chi connectivity index (χ1v) is 8.32. The standard InChI is InChI=1S/C19H16BrCl/c1-13-10-11-17(16-8-4-3-7-15(13)16)18(20)12-14-6-2-5-9-19(14)21/h2-11,18H,12H2,1H3. The number of rotatable bonds is 3. The van der Waals surface area contributed by atoms with Gasteiger partial charge in [-0.3, -0.25) is 0 Å². The van der Waals surface area contributed by atoms with Crippen molar-refractivity contribution >= 4 is 38.3 Å². The molecular formula is C19H16BrCl. The van der Waals surface area contributed by atoms with Crippen LogP contribution in [0.2, 0.25) is 5.02 Å². The predicted molar refractivity (Wildman–Crippen MR) is 95.5 cm³/mol. The molecule has 3 rings (SSSR count). The van der Waals surface area contributed by atoms with Crippen molar-refractivity contribution in [2.24, 2.45) is 0 Å². The Morgan fingerprint density at radius 1 is 0.905 bits per heavy atom. The predicted octanol–water partition coefficient (Wildman–Crippen LogP) is 6.48. The normalized spacial score (nSPS) is 12.5. The monoisotopic (exact) mass is 358 g/mol. The Hall–Kier alpha value is -1.31. The molecule has 0 nitrogen and oxygen atoms in total. The van der Waals surface area contributed by atoms with Crippen LogP contribution in [0.25, 0.3) is 10.8 Å². The first kappa shape index (κ1) is 14.6. The third kappa shape index (κ3) is 3.00. The van der Waals surface area contributed by atoms with Crippen molar-refractivity contribution < 1.29 is 0 Å². The maximum absolute atomic E-state index is 6.28. The fourth-order valence-electron chi connectivity index (χ4n) is 2.71. The molecule has 0 saturated heterocycles. The van der Waals surface area contributed by atoms with Gasteiger partial charge in [-0.1, -0.05) is 82.1 Å². The van der Waals surface area contributed by atoms with Gasteiger partial charge in [0.15, 0.2) is 0 Å². The van der Waals surface area contributed by atoms with Gasteiger partial charge in [0.05, 0.1) is 0 Å². The van der Waals surface area contributed by atoms with Crippen LogP contribution in [-0.4, -0.2) is 0 Å². The first-order chi connectivity index (χ1) is 10.2. The Bertz CT molecular complexity index is 779. The molecule has 0 radical (unpaired) electrons. The summed E-state index contributed by atoms with van der Waals surface area (Å²) in [6, 6.07) is 21.0. The molecule has 106 valence electrons. The van der Waals surface area contributed by atoms with Crippen molar-refractivity contribution in [2.45, 2.75) is 18.2 Å². The van der Waals surface area contributed by atoms with Gasteiger partial charge in [-0.25, -0.2) is 0 Å². The van der Waals surface area contributed by atoms with Crippen LogP contribution in [0.1, 0.15) is 21.5 Å². The highest BCUT2D eigenvalue weighted by molar-refractivity contribution is 9.09. The maximum Gasteiger partial charge on any atom is 0.0442 e. The molecule has 0 aliphatic heterocycles. The minimum atomic E-state index is 0.253. The topological polar surface area (TPSA) is 0 Å². The van der Waals surface area contributed by atoms with Crippen molar-refractivity contribution in [2.75, 3.05) is 0 Å². The molecule has 0 saturated carbocycles. The summed E-state index contributed by atoms with van der Waals surface area (Å²) in [5, 5.41) is 3.46. The van der Waals surface area contributed by atoms with Crippen molar-refractivity contribution in [1.29, 1.82) is 0 Å². The van der Waals surface area contributed by atoms with Crippen molar-refractivity contribution in [3.63, 3.8) is 0 Å². The Labute approximate surface area is 138 Å². The summed E-state index contributed by atoms with van der Waals surface area (Å²) in [4.78, 5) is 0.253. The van der Waals surface area contributed by atoms with Crippen LogP contribution in [0.3, 0.4) is 0 Å². The minimum absolute atomic E-state index is 0.253. The molecule has 3 aromatic rings. The fourth-order valence-corrected chi connectivity index (χ4v) is 3.67. The third-order valence-corrected chi connectivity index (χ3v) is 5.06. The largest absolute Gasteiger partial charge is 0.0840 e. The quantitative estimate of drug-likeness (QED) is 0.469. The molecule has 1 unspecified atom stereocenters.